The fraction of sp³-hybridized carbons (Fsp3) is 1.00. The Hall–Kier alpha value is -0.160. The molecule has 2 N–H and O–H groups in total. The Morgan fingerprint density at radius 1 is 1.00 bits per heavy atom. The SMILES string of the molecule is OC1CC2CCC(C1)N2[C@@H]1COC[C@H]1O. The van der Waals surface area contributed by atoms with E-state index in [4.69, 9.17) is 4.74 Å². The highest BCUT2D eigenvalue weighted by molar-refractivity contribution is 5.00. The summed E-state index contributed by atoms with van der Waals surface area (Å²) >= 11 is 0. The number of rotatable bonds is 1. The van der Waals surface area contributed by atoms with Gasteiger partial charge in [-0.05, 0) is 25.7 Å². The van der Waals surface area contributed by atoms with E-state index in [1.165, 1.54) is 12.8 Å². The van der Waals surface area contributed by atoms with Crippen molar-refractivity contribution in [2.75, 3.05) is 13.2 Å². The van der Waals surface area contributed by atoms with Crippen LogP contribution in [-0.2, 0) is 4.74 Å². The van der Waals surface area contributed by atoms with Gasteiger partial charge in [0.15, 0.2) is 0 Å². The van der Waals surface area contributed by atoms with Crippen LogP contribution in [0.4, 0.5) is 0 Å². The van der Waals surface area contributed by atoms with Crippen LogP contribution in [0.3, 0.4) is 0 Å². The Morgan fingerprint density at radius 2 is 1.67 bits per heavy atom. The molecule has 2 unspecified atom stereocenters. The molecule has 4 nitrogen and oxygen atoms in total. The monoisotopic (exact) mass is 213 g/mol. The van der Waals surface area contributed by atoms with E-state index < -0.39 is 0 Å². The standard InChI is InChI=1S/C11H19NO3/c13-9-3-7-1-2-8(4-9)12(7)10-5-15-6-11(10)14/h7-11,13-14H,1-6H2/t7?,8?,9?,10-,11-/m1/s1. The normalized spacial score (nSPS) is 51.2. The summed E-state index contributed by atoms with van der Waals surface area (Å²) in [7, 11) is 0. The lowest BCUT2D eigenvalue weighted by molar-refractivity contribution is -0.0163. The minimum absolute atomic E-state index is 0.127. The molecular formula is C11H19NO3. The fourth-order valence-electron chi connectivity index (χ4n) is 3.54. The van der Waals surface area contributed by atoms with Crippen molar-refractivity contribution in [3.05, 3.63) is 0 Å². The van der Waals surface area contributed by atoms with Gasteiger partial charge in [0.2, 0.25) is 0 Å². The Bertz CT molecular complexity index is 234. The Morgan fingerprint density at radius 3 is 2.20 bits per heavy atom. The second kappa shape index (κ2) is 3.70. The molecule has 0 aromatic carbocycles. The predicted molar refractivity (Wildman–Crippen MR) is 54.5 cm³/mol. The van der Waals surface area contributed by atoms with Gasteiger partial charge in [-0.25, -0.2) is 0 Å². The maximum absolute atomic E-state index is 9.84. The van der Waals surface area contributed by atoms with Gasteiger partial charge in [0.25, 0.3) is 0 Å². The summed E-state index contributed by atoms with van der Waals surface area (Å²) in [6, 6.07) is 1.12. The molecule has 3 rings (SSSR count). The van der Waals surface area contributed by atoms with Crippen molar-refractivity contribution in [3.63, 3.8) is 0 Å². The smallest absolute Gasteiger partial charge is 0.0951 e. The Balaban J connectivity index is 1.76. The van der Waals surface area contributed by atoms with Crippen LogP contribution in [0.25, 0.3) is 0 Å². The third kappa shape index (κ3) is 1.60. The lowest BCUT2D eigenvalue weighted by Gasteiger charge is -2.41. The molecular weight excluding hydrogens is 194 g/mol. The van der Waals surface area contributed by atoms with E-state index in [9.17, 15) is 10.2 Å². The molecule has 86 valence electrons. The van der Waals surface area contributed by atoms with Gasteiger partial charge in [0.05, 0.1) is 31.5 Å². The molecule has 0 aromatic rings. The molecule has 0 aliphatic carbocycles. The molecule has 0 saturated carbocycles. The highest BCUT2D eigenvalue weighted by Gasteiger charge is 2.46. The van der Waals surface area contributed by atoms with Crippen molar-refractivity contribution >= 4 is 0 Å². The second-order valence-corrected chi connectivity index (χ2v) is 5.13. The lowest BCUT2D eigenvalue weighted by atomic mass is 9.97. The molecule has 15 heavy (non-hydrogen) atoms. The summed E-state index contributed by atoms with van der Waals surface area (Å²) in [5, 5.41) is 19.5. The molecule has 3 aliphatic rings. The maximum Gasteiger partial charge on any atom is 0.0951 e. The van der Waals surface area contributed by atoms with E-state index >= 15 is 0 Å². The number of fused-ring (bicyclic) bond motifs is 2. The van der Waals surface area contributed by atoms with Crippen LogP contribution in [0.5, 0.6) is 0 Å². The quantitative estimate of drug-likeness (QED) is 0.630. The minimum Gasteiger partial charge on any atom is -0.393 e. The van der Waals surface area contributed by atoms with Crippen molar-refractivity contribution in [1.82, 2.24) is 4.90 Å². The van der Waals surface area contributed by atoms with Crippen LogP contribution in [0.15, 0.2) is 0 Å². The summed E-state index contributed by atoms with van der Waals surface area (Å²) < 4.78 is 5.32. The van der Waals surface area contributed by atoms with E-state index in [-0.39, 0.29) is 18.2 Å². The topological polar surface area (TPSA) is 52.9 Å². The first-order chi connectivity index (χ1) is 7.25. The first-order valence-corrected chi connectivity index (χ1v) is 5.97. The maximum atomic E-state index is 9.84. The number of ether oxygens (including phenoxy) is 1. The summed E-state index contributed by atoms with van der Waals surface area (Å²) in [6.07, 6.45) is 3.64. The fourth-order valence-corrected chi connectivity index (χ4v) is 3.54. The molecule has 3 fully saturated rings. The second-order valence-electron chi connectivity index (χ2n) is 5.13. The van der Waals surface area contributed by atoms with Crippen LogP contribution in [0.2, 0.25) is 0 Å². The van der Waals surface area contributed by atoms with E-state index in [2.05, 4.69) is 4.90 Å². The van der Waals surface area contributed by atoms with E-state index in [0.29, 0.717) is 25.3 Å². The number of hydrogen-bond donors (Lipinski definition) is 2. The molecule has 3 aliphatic heterocycles. The van der Waals surface area contributed by atoms with Gasteiger partial charge in [0, 0.05) is 12.1 Å². The van der Waals surface area contributed by atoms with Crippen molar-refractivity contribution < 1.29 is 14.9 Å². The Labute approximate surface area is 89.8 Å². The van der Waals surface area contributed by atoms with E-state index in [1.807, 2.05) is 0 Å². The van der Waals surface area contributed by atoms with Gasteiger partial charge in [-0.3, -0.25) is 4.90 Å². The highest BCUT2D eigenvalue weighted by Crippen LogP contribution is 2.38. The number of hydrogen-bond acceptors (Lipinski definition) is 4. The average Bonchev–Trinajstić information content (AvgIpc) is 2.69. The van der Waals surface area contributed by atoms with Crippen LogP contribution in [-0.4, -0.2) is 58.7 Å². The molecule has 3 heterocycles. The zero-order valence-corrected chi connectivity index (χ0v) is 8.88. The number of aliphatic hydroxyl groups is 2. The van der Waals surface area contributed by atoms with Crippen LogP contribution >= 0.6 is 0 Å². The average molecular weight is 213 g/mol. The molecule has 0 radical (unpaired) electrons. The highest BCUT2D eigenvalue weighted by atomic mass is 16.5. The molecule has 0 aromatic heterocycles. The van der Waals surface area contributed by atoms with Crippen LogP contribution in [0.1, 0.15) is 25.7 Å². The van der Waals surface area contributed by atoms with Crippen molar-refractivity contribution in [2.45, 2.75) is 56.0 Å². The zero-order valence-electron chi connectivity index (χ0n) is 8.88. The number of piperidine rings is 1. The predicted octanol–water partition coefficient (Wildman–Crippen LogP) is -0.266. The Kier molecular flexibility index (Phi) is 2.47. The molecule has 0 spiro atoms. The van der Waals surface area contributed by atoms with E-state index in [0.717, 1.165) is 12.8 Å². The summed E-state index contributed by atoms with van der Waals surface area (Å²) in [6.45, 7) is 1.13. The molecule has 4 atom stereocenters. The summed E-state index contributed by atoms with van der Waals surface area (Å²) in [5.41, 5.74) is 0. The minimum atomic E-state index is -0.330. The van der Waals surface area contributed by atoms with Gasteiger partial charge in [0.1, 0.15) is 0 Å². The molecule has 2 bridgehead atoms. The van der Waals surface area contributed by atoms with Crippen molar-refractivity contribution in [3.8, 4) is 0 Å². The van der Waals surface area contributed by atoms with Gasteiger partial charge in [-0.1, -0.05) is 0 Å². The summed E-state index contributed by atoms with van der Waals surface area (Å²) in [4.78, 5) is 2.42. The van der Waals surface area contributed by atoms with Gasteiger partial charge in [-0.15, -0.1) is 0 Å². The summed E-state index contributed by atoms with van der Waals surface area (Å²) in [5.74, 6) is 0. The zero-order chi connectivity index (χ0) is 10.4. The van der Waals surface area contributed by atoms with Crippen LogP contribution in [0, 0.1) is 0 Å². The molecule has 3 saturated heterocycles. The third-order valence-electron chi connectivity index (χ3n) is 4.17. The van der Waals surface area contributed by atoms with Gasteiger partial charge < -0.3 is 14.9 Å². The number of aliphatic hydroxyl groups excluding tert-OH is 2. The van der Waals surface area contributed by atoms with E-state index in [1.54, 1.807) is 0 Å². The number of nitrogens with zero attached hydrogens (tertiary/aromatic N) is 1. The largest absolute Gasteiger partial charge is 0.393 e. The lowest BCUT2D eigenvalue weighted by Crippen LogP contribution is -2.53. The van der Waals surface area contributed by atoms with Gasteiger partial charge >= 0.3 is 0 Å². The van der Waals surface area contributed by atoms with Crippen molar-refractivity contribution in [1.29, 1.82) is 0 Å². The van der Waals surface area contributed by atoms with Gasteiger partial charge in [-0.2, -0.15) is 0 Å². The van der Waals surface area contributed by atoms with Crippen LogP contribution < -0.4 is 0 Å². The third-order valence-corrected chi connectivity index (χ3v) is 4.17. The first-order valence-electron chi connectivity index (χ1n) is 5.97. The molecule has 0 amide bonds. The first kappa shape index (κ1) is 10.0. The molecule has 4 heteroatoms. The van der Waals surface area contributed by atoms with Crippen molar-refractivity contribution in [2.24, 2.45) is 0 Å².